The second-order valence-electron chi connectivity index (χ2n) is 6.72. The van der Waals surface area contributed by atoms with Crippen LogP contribution in [0.3, 0.4) is 0 Å². The molecular weight excluding hydrogens is 363 g/mol. The van der Waals surface area contributed by atoms with Crippen LogP contribution in [0.2, 0.25) is 0 Å². The number of nitrogens with zero attached hydrogens (tertiary/aromatic N) is 2. The number of hydrogen-bond acceptors (Lipinski definition) is 2. The van der Waals surface area contributed by atoms with Crippen LogP contribution in [0.5, 0.6) is 0 Å². The molecule has 1 aliphatic rings. The second kappa shape index (κ2) is 9.82. The van der Waals surface area contributed by atoms with Crippen molar-refractivity contribution >= 4 is 29.9 Å². The van der Waals surface area contributed by atoms with Crippen molar-refractivity contribution < 1.29 is 0 Å². The summed E-state index contributed by atoms with van der Waals surface area (Å²) in [6.07, 6.45) is 5.27. The number of aliphatic imine (C=N–C) groups is 1. The number of guanidine groups is 1. The minimum Gasteiger partial charge on any atom is -0.357 e. The van der Waals surface area contributed by atoms with Gasteiger partial charge in [0.1, 0.15) is 0 Å². The molecule has 0 bridgehead atoms. The lowest BCUT2D eigenvalue weighted by Gasteiger charge is -2.27. The molecule has 4 nitrogen and oxygen atoms in total. The highest BCUT2D eigenvalue weighted by Crippen LogP contribution is 2.18. The van der Waals surface area contributed by atoms with Gasteiger partial charge < -0.3 is 15.5 Å². The van der Waals surface area contributed by atoms with E-state index >= 15 is 0 Å². The lowest BCUT2D eigenvalue weighted by molar-refractivity contribution is 0.248. The summed E-state index contributed by atoms with van der Waals surface area (Å²) in [5.74, 6) is 0.987. The van der Waals surface area contributed by atoms with Crippen molar-refractivity contribution in [1.82, 2.24) is 15.5 Å². The lowest BCUT2D eigenvalue weighted by atomic mass is 9.93. The van der Waals surface area contributed by atoms with E-state index in [1.807, 2.05) is 0 Å². The molecule has 5 heteroatoms. The summed E-state index contributed by atoms with van der Waals surface area (Å²) in [5, 5.41) is 6.93. The normalized spacial score (nSPS) is 17.2. The minimum absolute atomic E-state index is 0. The molecule has 1 rings (SSSR count). The van der Waals surface area contributed by atoms with Gasteiger partial charge in [-0.1, -0.05) is 26.7 Å². The van der Waals surface area contributed by atoms with E-state index in [0.717, 1.165) is 25.6 Å². The van der Waals surface area contributed by atoms with E-state index in [4.69, 9.17) is 4.99 Å². The maximum atomic E-state index is 4.77. The molecule has 1 aliphatic carbocycles. The third kappa shape index (κ3) is 8.29. The Labute approximate surface area is 142 Å². The van der Waals surface area contributed by atoms with Crippen LogP contribution in [0.25, 0.3) is 0 Å². The van der Waals surface area contributed by atoms with E-state index in [2.05, 4.69) is 50.4 Å². The predicted molar refractivity (Wildman–Crippen MR) is 99.1 cm³/mol. The maximum absolute atomic E-state index is 4.77. The Morgan fingerprint density at radius 2 is 1.85 bits per heavy atom. The molecule has 0 spiro atoms. The first-order valence-corrected chi connectivity index (χ1v) is 7.62. The molecule has 1 saturated carbocycles. The van der Waals surface area contributed by atoms with Gasteiger partial charge in [-0.25, -0.2) is 0 Å². The molecule has 0 aromatic rings. The van der Waals surface area contributed by atoms with Crippen LogP contribution in [-0.2, 0) is 0 Å². The van der Waals surface area contributed by atoms with Crippen LogP contribution in [-0.4, -0.2) is 50.6 Å². The molecule has 20 heavy (non-hydrogen) atoms. The summed E-state index contributed by atoms with van der Waals surface area (Å²) < 4.78 is 0. The van der Waals surface area contributed by atoms with Gasteiger partial charge in [0, 0.05) is 25.7 Å². The highest BCUT2D eigenvalue weighted by Gasteiger charge is 2.20. The summed E-state index contributed by atoms with van der Waals surface area (Å²) in [4.78, 5) is 7.00. The summed E-state index contributed by atoms with van der Waals surface area (Å²) in [6.45, 7) is 9.50. The highest BCUT2D eigenvalue weighted by molar-refractivity contribution is 14.0. The third-order valence-corrected chi connectivity index (χ3v) is 3.45. The zero-order valence-electron chi connectivity index (χ0n) is 13.8. The van der Waals surface area contributed by atoms with E-state index in [1.165, 1.54) is 25.7 Å². The fourth-order valence-corrected chi connectivity index (χ4v) is 2.78. The van der Waals surface area contributed by atoms with Crippen molar-refractivity contribution in [3.8, 4) is 0 Å². The summed E-state index contributed by atoms with van der Waals surface area (Å²) in [7, 11) is 4.24. The monoisotopic (exact) mass is 396 g/mol. The van der Waals surface area contributed by atoms with Crippen molar-refractivity contribution in [3.05, 3.63) is 0 Å². The summed E-state index contributed by atoms with van der Waals surface area (Å²) in [5.41, 5.74) is 0.210. The fourth-order valence-electron chi connectivity index (χ4n) is 2.78. The van der Waals surface area contributed by atoms with Crippen molar-refractivity contribution in [2.24, 2.45) is 10.4 Å². The SMILES string of the molecule is CCNC(=NCC(C)(C)CN(C)C)NC1CCCC1.I. The average Bonchev–Trinajstić information content (AvgIpc) is 2.77. The van der Waals surface area contributed by atoms with Crippen LogP contribution in [0.1, 0.15) is 46.5 Å². The molecular formula is C15H33IN4. The van der Waals surface area contributed by atoms with Gasteiger partial charge in [0.2, 0.25) is 0 Å². The second-order valence-corrected chi connectivity index (χ2v) is 6.72. The zero-order valence-corrected chi connectivity index (χ0v) is 16.2. The quantitative estimate of drug-likeness (QED) is 0.412. The zero-order chi connectivity index (χ0) is 14.3. The van der Waals surface area contributed by atoms with Gasteiger partial charge in [0.25, 0.3) is 0 Å². The highest BCUT2D eigenvalue weighted by atomic mass is 127. The van der Waals surface area contributed by atoms with Gasteiger partial charge in [-0.2, -0.15) is 0 Å². The molecule has 0 aromatic heterocycles. The van der Waals surface area contributed by atoms with Crippen molar-refractivity contribution in [3.63, 3.8) is 0 Å². The van der Waals surface area contributed by atoms with Crippen molar-refractivity contribution in [2.45, 2.75) is 52.5 Å². The van der Waals surface area contributed by atoms with Crippen LogP contribution >= 0.6 is 24.0 Å². The molecule has 2 N–H and O–H groups in total. The van der Waals surface area contributed by atoms with Crippen molar-refractivity contribution in [2.75, 3.05) is 33.7 Å². The first-order chi connectivity index (χ1) is 8.93. The Balaban J connectivity index is 0.00000361. The van der Waals surface area contributed by atoms with Gasteiger partial charge in [-0.3, -0.25) is 4.99 Å². The predicted octanol–water partition coefficient (Wildman–Crippen LogP) is 2.69. The lowest BCUT2D eigenvalue weighted by Crippen LogP contribution is -2.43. The largest absolute Gasteiger partial charge is 0.357 e. The van der Waals surface area contributed by atoms with Crippen LogP contribution in [0, 0.1) is 5.41 Å². The molecule has 0 amide bonds. The standard InChI is InChI=1S/C15H32N4.HI/c1-6-16-14(18-13-9-7-8-10-13)17-11-15(2,3)12-19(4)5;/h13H,6-12H2,1-5H3,(H2,16,17,18);1H. The van der Waals surface area contributed by atoms with Crippen LogP contribution < -0.4 is 10.6 Å². The summed E-state index contributed by atoms with van der Waals surface area (Å²) >= 11 is 0. The van der Waals surface area contributed by atoms with E-state index < -0.39 is 0 Å². The third-order valence-electron chi connectivity index (χ3n) is 3.45. The van der Waals surface area contributed by atoms with E-state index in [9.17, 15) is 0 Å². The smallest absolute Gasteiger partial charge is 0.191 e. The molecule has 0 saturated heterocycles. The molecule has 0 unspecified atom stereocenters. The fraction of sp³-hybridized carbons (Fsp3) is 0.933. The van der Waals surface area contributed by atoms with Gasteiger partial charge in [0.05, 0.1) is 0 Å². The minimum atomic E-state index is 0. The van der Waals surface area contributed by atoms with Crippen LogP contribution in [0.15, 0.2) is 4.99 Å². The topological polar surface area (TPSA) is 39.7 Å². The Hall–Kier alpha value is -0.0400. The van der Waals surface area contributed by atoms with E-state index in [-0.39, 0.29) is 29.4 Å². The number of rotatable bonds is 6. The van der Waals surface area contributed by atoms with Gasteiger partial charge in [0.15, 0.2) is 5.96 Å². The Bertz CT molecular complexity index is 284. The maximum Gasteiger partial charge on any atom is 0.191 e. The van der Waals surface area contributed by atoms with Gasteiger partial charge in [-0.15, -0.1) is 24.0 Å². The molecule has 0 heterocycles. The number of halogens is 1. The average molecular weight is 396 g/mol. The molecule has 120 valence electrons. The summed E-state index contributed by atoms with van der Waals surface area (Å²) in [6, 6.07) is 0.620. The number of hydrogen-bond donors (Lipinski definition) is 2. The van der Waals surface area contributed by atoms with Gasteiger partial charge >= 0.3 is 0 Å². The van der Waals surface area contributed by atoms with Gasteiger partial charge in [-0.05, 0) is 39.3 Å². The van der Waals surface area contributed by atoms with E-state index in [1.54, 1.807) is 0 Å². The van der Waals surface area contributed by atoms with Crippen LogP contribution in [0.4, 0.5) is 0 Å². The molecule has 0 aliphatic heterocycles. The molecule has 0 radical (unpaired) electrons. The Morgan fingerprint density at radius 3 is 2.35 bits per heavy atom. The molecule has 0 atom stereocenters. The Kier molecular flexibility index (Phi) is 9.80. The van der Waals surface area contributed by atoms with Crippen molar-refractivity contribution in [1.29, 1.82) is 0 Å². The van der Waals surface area contributed by atoms with E-state index in [0.29, 0.717) is 6.04 Å². The first-order valence-electron chi connectivity index (χ1n) is 7.62. The molecule has 1 fully saturated rings. The first kappa shape index (κ1) is 20.0. The Morgan fingerprint density at radius 1 is 1.25 bits per heavy atom. The number of nitrogens with one attached hydrogen (secondary N) is 2. The molecule has 0 aromatic carbocycles.